The Bertz CT molecular complexity index is 401. The van der Waals surface area contributed by atoms with Crippen LogP contribution in [0.1, 0.15) is 24.1 Å². The van der Waals surface area contributed by atoms with E-state index in [9.17, 15) is 9.59 Å². The summed E-state index contributed by atoms with van der Waals surface area (Å²) in [5.41, 5.74) is 1.93. The zero-order valence-electron chi connectivity index (χ0n) is 10.0. The van der Waals surface area contributed by atoms with E-state index in [1.165, 1.54) is 0 Å². The molecule has 0 spiro atoms. The summed E-state index contributed by atoms with van der Waals surface area (Å²) in [5, 5.41) is 15.5. The van der Waals surface area contributed by atoms with Crippen molar-refractivity contribution >= 4 is 12.4 Å². The number of carbonyl (C=O) groups is 2. The third-order valence-electron chi connectivity index (χ3n) is 2.59. The van der Waals surface area contributed by atoms with Gasteiger partial charge in [-0.1, -0.05) is 0 Å². The zero-order valence-corrected chi connectivity index (χ0v) is 10.0. The summed E-state index contributed by atoms with van der Waals surface area (Å²) >= 11 is 0. The molecule has 0 radical (unpaired) electrons. The number of hydrogen-bond donors (Lipinski definition) is 2. The molecule has 0 saturated heterocycles. The molecule has 0 saturated carbocycles. The van der Waals surface area contributed by atoms with E-state index in [0.29, 0.717) is 19.3 Å². The number of aromatic nitrogens is 2. The molecule has 0 bridgehead atoms. The molecule has 6 heteroatoms. The predicted octanol–water partition coefficient (Wildman–Crippen LogP) is 0.250. The van der Waals surface area contributed by atoms with E-state index in [4.69, 9.17) is 5.11 Å². The molecule has 0 aliphatic rings. The molecule has 1 unspecified atom stereocenters. The minimum absolute atomic E-state index is 0.0464. The molecule has 1 atom stereocenters. The highest BCUT2D eigenvalue weighted by atomic mass is 16.4. The third kappa shape index (κ3) is 4.26. The van der Waals surface area contributed by atoms with Crippen LogP contribution in [0.4, 0.5) is 0 Å². The van der Waals surface area contributed by atoms with Crippen molar-refractivity contribution in [3.05, 3.63) is 17.5 Å². The third-order valence-corrected chi connectivity index (χ3v) is 2.59. The van der Waals surface area contributed by atoms with E-state index in [0.717, 1.165) is 11.3 Å². The highest BCUT2D eigenvalue weighted by molar-refractivity contribution is 5.66. The van der Waals surface area contributed by atoms with Gasteiger partial charge < -0.3 is 10.4 Å². The fourth-order valence-corrected chi connectivity index (χ4v) is 1.75. The van der Waals surface area contributed by atoms with Crippen molar-refractivity contribution < 1.29 is 14.7 Å². The lowest BCUT2D eigenvalue weighted by Crippen LogP contribution is -2.30. The van der Waals surface area contributed by atoms with Gasteiger partial charge in [-0.25, -0.2) is 0 Å². The lowest BCUT2D eigenvalue weighted by atomic mass is 10.0. The molecule has 1 amide bonds. The van der Waals surface area contributed by atoms with E-state index in [1.54, 1.807) is 4.68 Å². The minimum atomic E-state index is -0.856. The Balaban J connectivity index is 2.62. The van der Waals surface area contributed by atoms with Gasteiger partial charge in [-0.05, 0) is 25.3 Å². The van der Waals surface area contributed by atoms with Crippen LogP contribution >= 0.6 is 0 Å². The molecular weight excluding hydrogens is 222 g/mol. The quantitative estimate of drug-likeness (QED) is 0.668. The number of carboxylic acids is 1. The van der Waals surface area contributed by atoms with E-state index < -0.39 is 5.97 Å². The number of amides is 1. The van der Waals surface area contributed by atoms with Crippen molar-refractivity contribution in [2.75, 3.05) is 0 Å². The molecule has 94 valence electrons. The van der Waals surface area contributed by atoms with Gasteiger partial charge in [-0.2, -0.15) is 5.10 Å². The van der Waals surface area contributed by atoms with Crippen LogP contribution in [0.3, 0.4) is 0 Å². The average molecular weight is 239 g/mol. The summed E-state index contributed by atoms with van der Waals surface area (Å²) in [7, 11) is 1.83. The Kier molecular flexibility index (Phi) is 4.68. The van der Waals surface area contributed by atoms with Crippen LogP contribution in [0.2, 0.25) is 0 Å². The number of nitrogens with zero attached hydrogens (tertiary/aromatic N) is 2. The van der Waals surface area contributed by atoms with Crippen molar-refractivity contribution in [2.24, 2.45) is 7.05 Å². The summed E-state index contributed by atoms with van der Waals surface area (Å²) in [6.07, 6.45) is 3.56. The van der Waals surface area contributed by atoms with Gasteiger partial charge in [0.2, 0.25) is 6.41 Å². The van der Waals surface area contributed by atoms with Crippen LogP contribution in [-0.4, -0.2) is 33.3 Å². The van der Waals surface area contributed by atoms with Crippen LogP contribution in [0.15, 0.2) is 6.20 Å². The molecule has 0 aliphatic carbocycles. The van der Waals surface area contributed by atoms with E-state index in [2.05, 4.69) is 10.4 Å². The number of rotatable bonds is 7. The first kappa shape index (κ1) is 13.2. The van der Waals surface area contributed by atoms with Crippen molar-refractivity contribution in [2.45, 2.75) is 32.2 Å². The zero-order chi connectivity index (χ0) is 12.8. The van der Waals surface area contributed by atoms with Gasteiger partial charge in [0.25, 0.3) is 0 Å². The topological polar surface area (TPSA) is 84.2 Å². The van der Waals surface area contributed by atoms with Gasteiger partial charge in [0, 0.05) is 25.7 Å². The Morgan fingerprint density at radius 2 is 2.41 bits per heavy atom. The summed E-state index contributed by atoms with van der Waals surface area (Å²) in [4.78, 5) is 21.0. The number of hydrogen-bond acceptors (Lipinski definition) is 3. The predicted molar refractivity (Wildman–Crippen MR) is 61.5 cm³/mol. The normalized spacial score (nSPS) is 12.1. The van der Waals surface area contributed by atoms with Crippen LogP contribution in [0, 0.1) is 6.92 Å². The van der Waals surface area contributed by atoms with Crippen LogP contribution < -0.4 is 5.32 Å². The number of carbonyl (C=O) groups excluding carboxylic acids is 1. The van der Waals surface area contributed by atoms with Crippen LogP contribution in [0.25, 0.3) is 0 Å². The molecule has 1 aromatic rings. The lowest BCUT2D eigenvalue weighted by Gasteiger charge is -2.14. The molecule has 2 N–H and O–H groups in total. The summed E-state index contributed by atoms with van der Waals surface area (Å²) in [6.45, 7) is 1.89. The summed E-state index contributed by atoms with van der Waals surface area (Å²) in [5.74, 6) is -0.856. The van der Waals surface area contributed by atoms with Gasteiger partial charge in [-0.15, -0.1) is 0 Å². The molecule has 6 nitrogen and oxygen atoms in total. The monoisotopic (exact) mass is 239 g/mol. The Morgan fingerprint density at radius 3 is 2.88 bits per heavy atom. The second-order valence-electron chi connectivity index (χ2n) is 4.03. The SMILES string of the molecule is Cc1nn(C)cc1CC(CCC(=O)O)NC=O. The fraction of sp³-hybridized carbons (Fsp3) is 0.545. The molecule has 0 fully saturated rings. The number of aliphatic carboxylic acids is 1. The summed E-state index contributed by atoms with van der Waals surface area (Å²) in [6, 6.07) is -0.161. The highest BCUT2D eigenvalue weighted by Gasteiger charge is 2.13. The van der Waals surface area contributed by atoms with E-state index >= 15 is 0 Å². The van der Waals surface area contributed by atoms with Crippen molar-refractivity contribution in [3.63, 3.8) is 0 Å². The molecule has 1 rings (SSSR count). The first-order chi connectivity index (χ1) is 8.02. The standard InChI is InChI=1S/C11H17N3O3/c1-8-9(6-14(2)13-8)5-10(12-7-15)3-4-11(16)17/h6-7,10H,3-5H2,1-2H3,(H,12,15)(H,16,17). The molecule has 0 aliphatic heterocycles. The smallest absolute Gasteiger partial charge is 0.303 e. The maximum atomic E-state index is 10.5. The maximum absolute atomic E-state index is 10.5. The fourth-order valence-electron chi connectivity index (χ4n) is 1.75. The maximum Gasteiger partial charge on any atom is 0.303 e. The van der Waals surface area contributed by atoms with Gasteiger partial charge in [0.15, 0.2) is 0 Å². The Labute approximate surface area is 99.6 Å². The first-order valence-electron chi connectivity index (χ1n) is 5.43. The van der Waals surface area contributed by atoms with Crippen molar-refractivity contribution in [1.82, 2.24) is 15.1 Å². The molecule has 1 heterocycles. The lowest BCUT2D eigenvalue weighted by molar-refractivity contribution is -0.137. The molecular formula is C11H17N3O3. The molecule has 17 heavy (non-hydrogen) atoms. The van der Waals surface area contributed by atoms with Crippen molar-refractivity contribution in [3.8, 4) is 0 Å². The second kappa shape index (κ2) is 6.03. The Hall–Kier alpha value is -1.85. The number of nitrogens with one attached hydrogen (secondary N) is 1. The first-order valence-corrected chi connectivity index (χ1v) is 5.43. The number of carboxylic acid groups (broad SMARTS) is 1. The Morgan fingerprint density at radius 1 is 1.71 bits per heavy atom. The van der Waals surface area contributed by atoms with E-state index in [1.807, 2.05) is 20.2 Å². The second-order valence-corrected chi connectivity index (χ2v) is 4.03. The minimum Gasteiger partial charge on any atom is -0.481 e. The average Bonchev–Trinajstić information content (AvgIpc) is 2.54. The van der Waals surface area contributed by atoms with Crippen molar-refractivity contribution in [1.29, 1.82) is 0 Å². The van der Waals surface area contributed by atoms with Gasteiger partial charge >= 0.3 is 5.97 Å². The van der Waals surface area contributed by atoms with Crippen LogP contribution in [0.5, 0.6) is 0 Å². The van der Waals surface area contributed by atoms with Gasteiger partial charge in [0.1, 0.15) is 0 Å². The molecule has 1 aromatic heterocycles. The van der Waals surface area contributed by atoms with Crippen LogP contribution in [-0.2, 0) is 23.1 Å². The van der Waals surface area contributed by atoms with Gasteiger partial charge in [0.05, 0.1) is 5.69 Å². The van der Waals surface area contributed by atoms with E-state index in [-0.39, 0.29) is 12.5 Å². The number of aryl methyl sites for hydroxylation is 2. The largest absolute Gasteiger partial charge is 0.481 e. The highest BCUT2D eigenvalue weighted by Crippen LogP contribution is 2.10. The van der Waals surface area contributed by atoms with Gasteiger partial charge in [-0.3, -0.25) is 14.3 Å². The molecule has 0 aromatic carbocycles. The summed E-state index contributed by atoms with van der Waals surface area (Å²) < 4.78 is 1.71.